The monoisotopic (exact) mass is 631 g/mol. The third-order valence-electron chi connectivity index (χ3n) is 7.84. The summed E-state index contributed by atoms with van der Waals surface area (Å²) in [6.45, 7) is 3.01. The van der Waals surface area contributed by atoms with E-state index >= 15 is 0 Å². The van der Waals surface area contributed by atoms with Gasteiger partial charge in [0.2, 0.25) is 17.7 Å². The van der Waals surface area contributed by atoms with Crippen LogP contribution >= 0.6 is 22.9 Å². The van der Waals surface area contributed by atoms with Gasteiger partial charge in [-0.05, 0) is 79.6 Å². The van der Waals surface area contributed by atoms with Gasteiger partial charge in [-0.2, -0.15) is 4.72 Å². The van der Waals surface area contributed by atoms with E-state index in [1.165, 1.54) is 11.8 Å². The van der Waals surface area contributed by atoms with Crippen LogP contribution in [0.15, 0.2) is 52.7 Å². The van der Waals surface area contributed by atoms with Crippen molar-refractivity contribution in [2.45, 2.75) is 48.9 Å². The Kier molecular flexibility index (Phi) is 9.07. The maximum absolute atomic E-state index is 13.3. The number of amides is 3. The number of benzene rings is 2. The van der Waals surface area contributed by atoms with Crippen molar-refractivity contribution in [3.63, 3.8) is 0 Å². The Balaban J connectivity index is 1.17. The molecule has 2 saturated heterocycles. The topological polar surface area (TPSA) is 119 Å². The number of anilines is 2. The maximum Gasteiger partial charge on any atom is 0.250 e. The number of hydrogen-bond donors (Lipinski definition) is 2. The largest absolute Gasteiger partial charge is 0.383 e. The van der Waals surface area contributed by atoms with E-state index in [1.807, 2.05) is 29.2 Å². The Morgan fingerprint density at radius 3 is 2.55 bits per heavy atom. The van der Waals surface area contributed by atoms with Crippen molar-refractivity contribution in [2.75, 3.05) is 43.4 Å². The van der Waals surface area contributed by atoms with Crippen LogP contribution in [-0.4, -0.2) is 81.2 Å². The van der Waals surface area contributed by atoms with Gasteiger partial charge < -0.3 is 20.0 Å². The Morgan fingerprint density at radius 2 is 1.81 bits per heavy atom. The van der Waals surface area contributed by atoms with Crippen molar-refractivity contribution in [1.29, 1.82) is 0 Å². The molecule has 2 unspecified atom stereocenters. The van der Waals surface area contributed by atoms with E-state index in [1.54, 1.807) is 36.2 Å². The van der Waals surface area contributed by atoms with Gasteiger partial charge in [-0.15, -0.1) is 11.3 Å². The fourth-order valence-electron chi connectivity index (χ4n) is 5.43. The molecule has 0 saturated carbocycles. The fourth-order valence-corrected chi connectivity index (χ4v) is 8.22. The molecule has 2 atom stereocenters. The Morgan fingerprint density at radius 1 is 1.07 bits per heavy atom. The maximum atomic E-state index is 13.3. The first-order chi connectivity index (χ1) is 20.0. The summed E-state index contributed by atoms with van der Waals surface area (Å²) in [6.07, 6.45) is 2.68. The van der Waals surface area contributed by atoms with Gasteiger partial charge in [-0.3, -0.25) is 14.4 Å². The smallest absolute Gasteiger partial charge is 0.250 e. The van der Waals surface area contributed by atoms with Crippen LogP contribution in [0.1, 0.15) is 32.6 Å². The Hall–Kier alpha value is -3.19. The molecular weight excluding hydrogens is 598 g/mol. The molecule has 2 N–H and O–H groups in total. The van der Waals surface area contributed by atoms with Gasteiger partial charge >= 0.3 is 0 Å². The number of thiophene rings is 1. The predicted molar refractivity (Wildman–Crippen MR) is 166 cm³/mol. The minimum absolute atomic E-state index is 0.0206. The molecule has 5 rings (SSSR count). The summed E-state index contributed by atoms with van der Waals surface area (Å²) in [5.41, 5.74) is 1.68. The molecule has 1 aromatic heterocycles. The lowest BCUT2D eigenvalue weighted by Gasteiger charge is -2.34. The van der Waals surface area contributed by atoms with Gasteiger partial charge in [0.05, 0.1) is 6.54 Å². The summed E-state index contributed by atoms with van der Waals surface area (Å²) in [5, 5.41) is 4.62. The van der Waals surface area contributed by atoms with Crippen LogP contribution in [0, 0.1) is 0 Å². The average Bonchev–Trinajstić information content (AvgIpc) is 3.61. The number of carbonyl (C=O) groups excluding carboxylic acids is 3. The molecule has 2 fully saturated rings. The summed E-state index contributed by atoms with van der Waals surface area (Å²) < 4.78 is 29.8. The van der Waals surface area contributed by atoms with Crippen molar-refractivity contribution < 1.29 is 22.8 Å². The van der Waals surface area contributed by atoms with Crippen molar-refractivity contribution in [2.24, 2.45) is 0 Å². The first-order valence-electron chi connectivity index (χ1n) is 13.9. The van der Waals surface area contributed by atoms with E-state index in [9.17, 15) is 22.8 Å². The number of halogens is 1. The standard InChI is InChI=1S/C29H34ClN5O5S2/c1-19(36)33(2)23-10-8-22(9-11-23)31-17-24-5-3-14-35(24)27(37)18-34-13-4-6-25(29(34)38)32-42(39,40)28-16-20-15-21(30)7-12-26(20)41-28/h7-12,15-16,24-25,31-32H,3-6,13-14,17-18H2,1-2H3. The molecule has 3 amide bonds. The highest BCUT2D eigenvalue weighted by molar-refractivity contribution is 7.91. The minimum Gasteiger partial charge on any atom is -0.383 e. The SMILES string of the molecule is CC(=O)N(C)c1ccc(NCC2CCCN2C(=O)CN2CCCC(NS(=O)(=O)c3cc4cc(Cl)ccc4s3)C2=O)cc1. The molecule has 2 aromatic carbocycles. The van der Waals surface area contributed by atoms with Gasteiger partial charge in [0.1, 0.15) is 10.3 Å². The van der Waals surface area contributed by atoms with Crippen LogP contribution in [0.3, 0.4) is 0 Å². The number of hydrogen-bond acceptors (Lipinski definition) is 7. The van der Waals surface area contributed by atoms with Gasteiger partial charge in [0.25, 0.3) is 10.0 Å². The number of rotatable bonds is 9. The van der Waals surface area contributed by atoms with E-state index in [0.29, 0.717) is 37.5 Å². The third kappa shape index (κ3) is 6.72. The van der Waals surface area contributed by atoms with Crippen LogP contribution in [0.5, 0.6) is 0 Å². The van der Waals surface area contributed by atoms with E-state index in [0.717, 1.165) is 45.6 Å². The predicted octanol–water partition coefficient (Wildman–Crippen LogP) is 3.91. The molecule has 2 aliphatic heterocycles. The molecule has 0 radical (unpaired) electrons. The van der Waals surface area contributed by atoms with E-state index in [4.69, 9.17) is 11.6 Å². The van der Waals surface area contributed by atoms with E-state index in [-0.39, 0.29) is 34.5 Å². The number of sulfonamides is 1. The molecule has 10 nitrogen and oxygen atoms in total. The molecule has 42 heavy (non-hydrogen) atoms. The lowest BCUT2D eigenvalue weighted by atomic mass is 10.1. The highest BCUT2D eigenvalue weighted by Crippen LogP contribution is 2.31. The number of carbonyl (C=O) groups is 3. The summed E-state index contributed by atoms with van der Waals surface area (Å²) in [5.74, 6) is -0.573. The Bertz CT molecular complexity index is 1590. The zero-order valence-electron chi connectivity index (χ0n) is 23.5. The zero-order chi connectivity index (χ0) is 30.0. The highest BCUT2D eigenvalue weighted by Gasteiger charge is 2.36. The first-order valence-corrected chi connectivity index (χ1v) is 16.6. The summed E-state index contributed by atoms with van der Waals surface area (Å²) in [4.78, 5) is 43.0. The molecule has 224 valence electrons. The molecule has 0 spiro atoms. The van der Waals surface area contributed by atoms with Crippen LogP contribution in [0.2, 0.25) is 5.02 Å². The quantitative estimate of drug-likeness (QED) is 0.370. The lowest BCUT2D eigenvalue weighted by Crippen LogP contribution is -2.55. The molecule has 0 bridgehead atoms. The van der Waals surface area contributed by atoms with Crippen molar-refractivity contribution in [3.05, 3.63) is 53.6 Å². The van der Waals surface area contributed by atoms with Crippen LogP contribution in [0.25, 0.3) is 10.1 Å². The third-order valence-corrected chi connectivity index (χ3v) is 11.1. The summed E-state index contributed by atoms with van der Waals surface area (Å²) in [6, 6.07) is 13.3. The lowest BCUT2D eigenvalue weighted by molar-refractivity contribution is -0.143. The van der Waals surface area contributed by atoms with Gasteiger partial charge in [0, 0.05) is 60.7 Å². The van der Waals surface area contributed by atoms with Crippen LogP contribution in [0.4, 0.5) is 11.4 Å². The highest BCUT2D eigenvalue weighted by atomic mass is 35.5. The molecular formula is C29H34ClN5O5S2. The second-order valence-corrected chi connectivity index (χ2v) is 14.2. The zero-order valence-corrected chi connectivity index (χ0v) is 25.9. The van der Waals surface area contributed by atoms with E-state index in [2.05, 4.69) is 10.0 Å². The van der Waals surface area contributed by atoms with Crippen LogP contribution in [-0.2, 0) is 24.4 Å². The van der Waals surface area contributed by atoms with Gasteiger partial charge in [0.15, 0.2) is 0 Å². The van der Waals surface area contributed by atoms with E-state index < -0.39 is 16.1 Å². The van der Waals surface area contributed by atoms with Crippen molar-refractivity contribution >= 4 is 72.1 Å². The normalized spacial score (nSPS) is 19.4. The fraction of sp³-hybridized carbons (Fsp3) is 0.414. The molecule has 2 aliphatic rings. The molecule has 3 heterocycles. The number of piperidine rings is 1. The second kappa shape index (κ2) is 12.6. The number of nitrogens with zero attached hydrogens (tertiary/aromatic N) is 3. The van der Waals surface area contributed by atoms with Crippen LogP contribution < -0.4 is 14.9 Å². The Labute approximate surface area is 254 Å². The summed E-state index contributed by atoms with van der Waals surface area (Å²) in [7, 11) is -2.21. The number of fused-ring (bicyclic) bond motifs is 1. The average molecular weight is 632 g/mol. The van der Waals surface area contributed by atoms with Crippen molar-refractivity contribution in [1.82, 2.24) is 14.5 Å². The number of likely N-dealkylation sites (tertiary alicyclic amines) is 2. The second-order valence-electron chi connectivity index (χ2n) is 10.7. The molecule has 13 heteroatoms. The van der Waals surface area contributed by atoms with Gasteiger partial charge in [-0.25, -0.2) is 8.42 Å². The molecule has 3 aromatic rings. The van der Waals surface area contributed by atoms with Crippen molar-refractivity contribution in [3.8, 4) is 0 Å². The minimum atomic E-state index is -3.93. The summed E-state index contributed by atoms with van der Waals surface area (Å²) >= 11 is 7.16. The van der Waals surface area contributed by atoms with Gasteiger partial charge in [-0.1, -0.05) is 11.6 Å². The molecule has 0 aliphatic carbocycles. The number of nitrogens with one attached hydrogen (secondary N) is 2. The first kappa shape index (κ1) is 30.3.